The average Bonchev–Trinajstić information content (AvgIpc) is 3.02. The third-order valence-electron chi connectivity index (χ3n) is 3.61. The van der Waals surface area contributed by atoms with Crippen LogP contribution in [0.4, 0.5) is 8.78 Å². The summed E-state index contributed by atoms with van der Waals surface area (Å²) in [6.07, 6.45) is 6.20. The number of carbonyl (C=O) groups is 2. The maximum absolute atomic E-state index is 14.0. The van der Waals surface area contributed by atoms with E-state index in [2.05, 4.69) is 13.2 Å². The predicted octanol–water partition coefficient (Wildman–Crippen LogP) is 2.90. The van der Waals surface area contributed by atoms with E-state index in [1.165, 1.54) is 15.9 Å². The molecule has 0 aliphatic carbocycles. The topological polar surface area (TPSA) is 40.6 Å². The summed E-state index contributed by atoms with van der Waals surface area (Å²) in [4.78, 5) is 26.3. The first-order chi connectivity index (χ1) is 10.7. The number of amides is 2. The molecule has 0 radical (unpaired) electrons. The van der Waals surface area contributed by atoms with Gasteiger partial charge in [0.15, 0.2) is 11.7 Å². The summed E-state index contributed by atoms with van der Waals surface area (Å²) in [5.74, 6) is -3.54. The first-order valence-electron chi connectivity index (χ1n) is 7.28. The van der Waals surface area contributed by atoms with Crippen LogP contribution < -0.4 is 0 Å². The molecule has 0 saturated heterocycles. The van der Waals surface area contributed by atoms with Crippen LogP contribution in [0.25, 0.3) is 0 Å². The van der Waals surface area contributed by atoms with Crippen molar-refractivity contribution in [3.8, 4) is 0 Å². The van der Waals surface area contributed by atoms with Crippen molar-refractivity contribution in [3.05, 3.63) is 49.1 Å². The van der Waals surface area contributed by atoms with Crippen LogP contribution in [-0.4, -0.2) is 46.8 Å². The molecule has 0 unspecified atom stereocenters. The van der Waals surface area contributed by atoms with Gasteiger partial charge in [-0.05, 0) is 26.3 Å². The summed E-state index contributed by atoms with van der Waals surface area (Å²) in [7, 11) is 0. The van der Waals surface area contributed by atoms with E-state index < -0.39 is 29.0 Å². The van der Waals surface area contributed by atoms with E-state index in [0.717, 1.165) is 6.08 Å². The average molecular weight is 324 g/mol. The lowest BCUT2D eigenvalue weighted by Crippen LogP contribution is -2.47. The van der Waals surface area contributed by atoms with Crippen molar-refractivity contribution in [2.24, 2.45) is 0 Å². The molecule has 2 amide bonds. The molecule has 0 N–H and O–H groups in total. The van der Waals surface area contributed by atoms with Crippen molar-refractivity contribution in [1.82, 2.24) is 9.80 Å². The summed E-state index contributed by atoms with van der Waals surface area (Å²) in [6, 6.07) is 0. The van der Waals surface area contributed by atoms with Crippen molar-refractivity contribution in [2.75, 3.05) is 19.6 Å². The fourth-order valence-corrected chi connectivity index (χ4v) is 2.21. The monoisotopic (exact) mass is 324 g/mol. The largest absolute Gasteiger partial charge is 0.329 e. The van der Waals surface area contributed by atoms with E-state index in [-0.39, 0.29) is 13.0 Å². The normalized spacial score (nSPS) is 14.8. The lowest BCUT2D eigenvalue weighted by molar-refractivity contribution is -0.133. The molecular formula is C17H22F2N2O2. The first-order valence-corrected chi connectivity index (χ1v) is 7.28. The second kappa shape index (κ2) is 7.85. The van der Waals surface area contributed by atoms with E-state index in [1.54, 1.807) is 26.0 Å². The summed E-state index contributed by atoms with van der Waals surface area (Å²) in [5.41, 5.74) is -0.902. The van der Waals surface area contributed by atoms with E-state index in [9.17, 15) is 18.4 Å². The Kier molecular flexibility index (Phi) is 6.42. The van der Waals surface area contributed by atoms with Crippen LogP contribution in [0, 0.1) is 0 Å². The minimum absolute atomic E-state index is 0.0543. The van der Waals surface area contributed by atoms with Crippen molar-refractivity contribution in [2.45, 2.75) is 25.8 Å². The zero-order valence-corrected chi connectivity index (χ0v) is 13.5. The first kappa shape index (κ1) is 18.8. The lowest BCUT2D eigenvalue weighted by atomic mass is 9.97. The van der Waals surface area contributed by atoms with Gasteiger partial charge in [-0.3, -0.25) is 9.59 Å². The number of hydrogen-bond donors (Lipinski definition) is 0. The van der Waals surface area contributed by atoms with Gasteiger partial charge >= 0.3 is 0 Å². The highest BCUT2D eigenvalue weighted by molar-refractivity contribution is 5.92. The molecule has 0 bridgehead atoms. The summed E-state index contributed by atoms with van der Waals surface area (Å²) in [5, 5.41) is 0. The van der Waals surface area contributed by atoms with Gasteiger partial charge in [0.05, 0.1) is 0 Å². The Balaban J connectivity index is 2.83. The van der Waals surface area contributed by atoms with Crippen LogP contribution in [0.2, 0.25) is 0 Å². The molecule has 6 heteroatoms. The molecule has 1 aliphatic rings. The summed E-state index contributed by atoms with van der Waals surface area (Å²) < 4.78 is 27.2. The minimum Gasteiger partial charge on any atom is -0.329 e. The predicted molar refractivity (Wildman–Crippen MR) is 85.8 cm³/mol. The van der Waals surface area contributed by atoms with Crippen LogP contribution in [0.1, 0.15) is 20.3 Å². The van der Waals surface area contributed by atoms with Gasteiger partial charge in [-0.2, -0.15) is 0 Å². The lowest BCUT2D eigenvalue weighted by Gasteiger charge is -2.37. The fraction of sp³-hybridized carbons (Fsp3) is 0.412. The molecule has 4 nitrogen and oxygen atoms in total. The van der Waals surface area contributed by atoms with E-state index in [4.69, 9.17) is 0 Å². The molecule has 0 saturated carbocycles. The molecule has 0 atom stereocenters. The molecule has 1 rings (SSSR count). The third kappa shape index (κ3) is 4.87. The van der Waals surface area contributed by atoms with Gasteiger partial charge in [-0.15, -0.1) is 6.58 Å². The van der Waals surface area contributed by atoms with Crippen LogP contribution >= 0.6 is 0 Å². The zero-order chi connectivity index (χ0) is 17.6. The summed E-state index contributed by atoms with van der Waals surface area (Å²) in [6.45, 7) is 10.7. The Morgan fingerprint density at radius 1 is 1.30 bits per heavy atom. The van der Waals surface area contributed by atoms with E-state index >= 15 is 0 Å². The Bertz CT molecular complexity index is 557. The second-order valence-electron chi connectivity index (χ2n) is 5.86. The quantitative estimate of drug-likeness (QED) is 0.534. The maximum Gasteiger partial charge on any atom is 0.282 e. The molecule has 126 valence electrons. The Morgan fingerprint density at radius 2 is 1.87 bits per heavy atom. The zero-order valence-electron chi connectivity index (χ0n) is 13.5. The molecule has 0 spiro atoms. The van der Waals surface area contributed by atoms with Gasteiger partial charge in [-0.1, -0.05) is 24.8 Å². The minimum atomic E-state index is -1.09. The van der Waals surface area contributed by atoms with E-state index in [1.807, 2.05) is 0 Å². The number of rotatable bonds is 7. The van der Waals surface area contributed by atoms with Gasteiger partial charge in [-0.25, -0.2) is 8.78 Å². The highest BCUT2D eigenvalue weighted by Crippen LogP contribution is 2.23. The van der Waals surface area contributed by atoms with Crippen LogP contribution in [0.15, 0.2) is 49.1 Å². The van der Waals surface area contributed by atoms with Crippen molar-refractivity contribution in [1.29, 1.82) is 0 Å². The van der Waals surface area contributed by atoms with Crippen molar-refractivity contribution in [3.63, 3.8) is 0 Å². The van der Waals surface area contributed by atoms with Gasteiger partial charge in [0.2, 0.25) is 0 Å². The third-order valence-corrected chi connectivity index (χ3v) is 3.61. The smallest absolute Gasteiger partial charge is 0.282 e. The highest BCUT2D eigenvalue weighted by Gasteiger charge is 2.31. The Morgan fingerprint density at radius 3 is 2.35 bits per heavy atom. The molecule has 0 fully saturated rings. The SMILES string of the molecule is C=CCN(C(=O)C(=C)F)C(C)(C)C/C=C(\F)C(=O)N1CC=CC1. The fourth-order valence-electron chi connectivity index (χ4n) is 2.21. The molecule has 0 aromatic rings. The molecule has 0 aromatic heterocycles. The second-order valence-corrected chi connectivity index (χ2v) is 5.86. The Hall–Kier alpha value is -2.24. The van der Waals surface area contributed by atoms with Crippen LogP contribution in [-0.2, 0) is 9.59 Å². The number of carbonyl (C=O) groups excluding carboxylic acids is 2. The van der Waals surface area contributed by atoms with Gasteiger partial charge in [0, 0.05) is 25.2 Å². The maximum atomic E-state index is 14.0. The molecular weight excluding hydrogens is 302 g/mol. The van der Waals surface area contributed by atoms with Crippen molar-refractivity contribution < 1.29 is 18.4 Å². The van der Waals surface area contributed by atoms with Gasteiger partial charge < -0.3 is 9.80 Å². The van der Waals surface area contributed by atoms with Crippen LogP contribution in [0.5, 0.6) is 0 Å². The van der Waals surface area contributed by atoms with Crippen molar-refractivity contribution >= 4 is 11.8 Å². The number of hydrogen-bond acceptors (Lipinski definition) is 2. The van der Waals surface area contributed by atoms with Gasteiger partial charge in [0.25, 0.3) is 11.8 Å². The molecule has 1 aliphatic heterocycles. The highest BCUT2D eigenvalue weighted by atomic mass is 19.1. The molecule has 1 heterocycles. The summed E-state index contributed by atoms with van der Waals surface area (Å²) >= 11 is 0. The molecule has 23 heavy (non-hydrogen) atoms. The number of halogens is 2. The molecule has 0 aromatic carbocycles. The van der Waals surface area contributed by atoms with Gasteiger partial charge in [0.1, 0.15) is 0 Å². The Labute approximate surface area is 135 Å². The standard InChI is InChI=1S/C17H22F2N2O2/c1-5-10-21(15(22)13(2)18)17(3,4)9-8-14(19)16(23)20-11-6-7-12-20/h5-8H,1-2,9-12H2,3-4H3/b14-8-. The van der Waals surface area contributed by atoms with E-state index in [0.29, 0.717) is 13.1 Å². The van der Waals surface area contributed by atoms with Crippen LogP contribution in [0.3, 0.4) is 0 Å². The number of nitrogens with zero attached hydrogens (tertiary/aromatic N) is 2.